The van der Waals surface area contributed by atoms with Crippen LogP contribution >= 0.6 is 11.8 Å². The lowest BCUT2D eigenvalue weighted by Crippen LogP contribution is -2.52. The number of thioether (sulfide) groups is 1. The number of carbonyl (C=O) groups excluding carboxylic acids is 1. The molecule has 0 aromatic heterocycles. The van der Waals surface area contributed by atoms with Crippen LogP contribution in [0.2, 0.25) is 0 Å². The van der Waals surface area contributed by atoms with Crippen molar-refractivity contribution >= 4 is 23.6 Å². The summed E-state index contributed by atoms with van der Waals surface area (Å²) >= 11 is 1.50. The van der Waals surface area contributed by atoms with Crippen LogP contribution in [0.25, 0.3) is 0 Å². The van der Waals surface area contributed by atoms with Crippen LogP contribution in [0, 0.1) is 5.41 Å². The second-order valence-electron chi connectivity index (χ2n) is 5.17. The molecule has 0 spiro atoms. The van der Waals surface area contributed by atoms with Crippen LogP contribution in [0.5, 0.6) is 0 Å². The third kappa shape index (κ3) is 2.36. The molecule has 1 atom stereocenters. The smallest absolute Gasteiger partial charge is 0.327 e. The zero-order valence-electron chi connectivity index (χ0n) is 10.4. The van der Waals surface area contributed by atoms with E-state index in [-0.39, 0.29) is 5.91 Å². The van der Waals surface area contributed by atoms with Crippen molar-refractivity contribution in [3.63, 3.8) is 0 Å². The van der Waals surface area contributed by atoms with Crippen molar-refractivity contribution in [1.82, 2.24) is 4.90 Å². The number of carboxylic acid groups (broad SMARTS) is 1. The molecular formula is C12H20N2O3S. The lowest BCUT2D eigenvalue weighted by molar-refractivity contribution is -0.153. The van der Waals surface area contributed by atoms with E-state index in [0.717, 1.165) is 32.1 Å². The Kier molecular flexibility index (Phi) is 4.17. The highest BCUT2D eigenvalue weighted by Crippen LogP contribution is 2.39. The minimum absolute atomic E-state index is 0.0397. The van der Waals surface area contributed by atoms with Gasteiger partial charge in [0.15, 0.2) is 0 Å². The van der Waals surface area contributed by atoms with E-state index in [1.807, 2.05) is 0 Å². The molecule has 1 aliphatic carbocycles. The normalized spacial score (nSPS) is 27.2. The highest BCUT2D eigenvalue weighted by atomic mass is 32.2. The average molecular weight is 272 g/mol. The van der Waals surface area contributed by atoms with E-state index in [4.69, 9.17) is 10.8 Å². The maximum atomic E-state index is 12.6. The van der Waals surface area contributed by atoms with E-state index < -0.39 is 17.4 Å². The molecule has 1 unspecified atom stereocenters. The van der Waals surface area contributed by atoms with Gasteiger partial charge in [-0.25, -0.2) is 4.79 Å². The van der Waals surface area contributed by atoms with Gasteiger partial charge in [0.1, 0.15) is 6.04 Å². The van der Waals surface area contributed by atoms with Gasteiger partial charge in [0.05, 0.1) is 11.3 Å². The largest absolute Gasteiger partial charge is 0.480 e. The zero-order valence-corrected chi connectivity index (χ0v) is 11.2. The van der Waals surface area contributed by atoms with Crippen LogP contribution in [-0.4, -0.2) is 46.1 Å². The molecule has 0 aromatic rings. The first-order chi connectivity index (χ1) is 8.60. The maximum absolute atomic E-state index is 12.6. The van der Waals surface area contributed by atoms with Crippen molar-refractivity contribution in [2.75, 3.05) is 18.2 Å². The number of hydrogen-bond donors (Lipinski definition) is 2. The number of nitrogens with two attached hydrogens (primary N) is 1. The summed E-state index contributed by atoms with van der Waals surface area (Å²) in [6.45, 7) is 0.333. The summed E-state index contributed by atoms with van der Waals surface area (Å²) in [7, 11) is 0. The van der Waals surface area contributed by atoms with Crippen LogP contribution in [-0.2, 0) is 9.59 Å². The van der Waals surface area contributed by atoms with Crippen molar-refractivity contribution in [3.05, 3.63) is 0 Å². The number of carbonyl (C=O) groups is 2. The van der Waals surface area contributed by atoms with Gasteiger partial charge in [0.25, 0.3) is 0 Å². The van der Waals surface area contributed by atoms with Crippen LogP contribution in [0.3, 0.4) is 0 Å². The highest BCUT2D eigenvalue weighted by molar-refractivity contribution is 7.99. The standard InChI is InChI=1S/C12H20N2O3S/c13-7-12(4-2-1-3-5-12)11(17)14-8-18-6-9(14)10(15)16/h9H,1-8,13H2,(H,15,16). The molecule has 1 heterocycles. The van der Waals surface area contributed by atoms with Crippen molar-refractivity contribution < 1.29 is 14.7 Å². The third-order valence-corrected chi connectivity index (χ3v) is 5.10. The Morgan fingerprint density at radius 1 is 1.33 bits per heavy atom. The Hall–Kier alpha value is -0.750. The van der Waals surface area contributed by atoms with Gasteiger partial charge >= 0.3 is 5.97 Å². The molecule has 2 aliphatic rings. The third-order valence-electron chi connectivity index (χ3n) is 4.08. The van der Waals surface area contributed by atoms with Gasteiger partial charge in [0, 0.05) is 12.3 Å². The molecule has 0 radical (unpaired) electrons. The van der Waals surface area contributed by atoms with E-state index in [2.05, 4.69) is 0 Å². The fourth-order valence-electron chi connectivity index (χ4n) is 2.89. The Morgan fingerprint density at radius 3 is 2.56 bits per heavy atom. The summed E-state index contributed by atoms with van der Waals surface area (Å²) < 4.78 is 0. The number of rotatable bonds is 3. The van der Waals surface area contributed by atoms with Gasteiger partial charge in [-0.3, -0.25) is 4.79 Å². The van der Waals surface area contributed by atoms with E-state index in [0.29, 0.717) is 18.2 Å². The Labute approximate surface area is 111 Å². The lowest BCUT2D eigenvalue weighted by atomic mass is 9.73. The first kappa shape index (κ1) is 13.7. The fraction of sp³-hybridized carbons (Fsp3) is 0.833. The summed E-state index contributed by atoms with van der Waals surface area (Å²) in [4.78, 5) is 25.3. The molecule has 1 saturated carbocycles. The lowest BCUT2D eigenvalue weighted by Gasteiger charge is -2.38. The minimum atomic E-state index is -0.906. The van der Waals surface area contributed by atoms with Crippen molar-refractivity contribution in [1.29, 1.82) is 0 Å². The number of nitrogens with zero attached hydrogens (tertiary/aromatic N) is 1. The summed E-state index contributed by atoms with van der Waals surface area (Å²) in [5.74, 6) is 0.0256. The number of aliphatic carboxylic acids is 1. The van der Waals surface area contributed by atoms with Crippen molar-refractivity contribution in [2.24, 2.45) is 11.1 Å². The second kappa shape index (κ2) is 5.48. The Balaban J connectivity index is 2.15. The molecule has 5 nitrogen and oxygen atoms in total. The zero-order chi connectivity index (χ0) is 13.2. The summed E-state index contributed by atoms with van der Waals surface area (Å²) in [5, 5.41) is 9.15. The van der Waals surface area contributed by atoms with E-state index in [9.17, 15) is 9.59 Å². The molecule has 0 bridgehead atoms. The predicted octanol–water partition coefficient (Wildman–Crippen LogP) is 0.882. The Morgan fingerprint density at radius 2 is 2.00 bits per heavy atom. The summed E-state index contributed by atoms with van der Waals surface area (Å²) in [6, 6.07) is -0.673. The first-order valence-electron chi connectivity index (χ1n) is 6.42. The first-order valence-corrected chi connectivity index (χ1v) is 7.58. The SMILES string of the molecule is NCC1(C(=O)N2CSCC2C(=O)O)CCCCC1. The van der Waals surface area contributed by atoms with Gasteiger partial charge in [-0.1, -0.05) is 19.3 Å². The van der Waals surface area contributed by atoms with Crippen molar-refractivity contribution in [3.8, 4) is 0 Å². The molecule has 102 valence electrons. The minimum Gasteiger partial charge on any atom is -0.480 e. The van der Waals surface area contributed by atoms with Crippen molar-refractivity contribution in [2.45, 2.75) is 38.1 Å². The molecule has 1 saturated heterocycles. The number of amides is 1. The molecule has 1 aliphatic heterocycles. The molecule has 0 aromatic carbocycles. The van der Waals surface area contributed by atoms with Crippen LogP contribution < -0.4 is 5.73 Å². The molecule has 2 fully saturated rings. The molecule has 2 rings (SSSR count). The molecular weight excluding hydrogens is 252 g/mol. The van der Waals surface area contributed by atoms with E-state index >= 15 is 0 Å². The fourth-order valence-corrected chi connectivity index (χ4v) is 4.03. The van der Waals surface area contributed by atoms with Gasteiger partial charge < -0.3 is 15.7 Å². The van der Waals surface area contributed by atoms with E-state index in [1.165, 1.54) is 16.7 Å². The Bertz CT molecular complexity index is 342. The quantitative estimate of drug-likeness (QED) is 0.797. The molecule has 18 heavy (non-hydrogen) atoms. The topological polar surface area (TPSA) is 83.6 Å². The highest BCUT2D eigenvalue weighted by Gasteiger charge is 2.45. The second-order valence-corrected chi connectivity index (χ2v) is 6.17. The van der Waals surface area contributed by atoms with E-state index in [1.54, 1.807) is 0 Å². The van der Waals surface area contributed by atoms with Crippen LogP contribution in [0.4, 0.5) is 0 Å². The average Bonchev–Trinajstić information content (AvgIpc) is 2.88. The summed E-state index contributed by atoms with van der Waals surface area (Å²) in [5.41, 5.74) is 5.32. The van der Waals surface area contributed by atoms with Gasteiger partial charge in [0.2, 0.25) is 5.91 Å². The monoisotopic (exact) mass is 272 g/mol. The summed E-state index contributed by atoms with van der Waals surface area (Å²) in [6.07, 6.45) is 4.78. The number of carboxylic acids is 1. The van der Waals surface area contributed by atoms with Crippen LogP contribution in [0.1, 0.15) is 32.1 Å². The molecule has 3 N–H and O–H groups in total. The van der Waals surface area contributed by atoms with Crippen LogP contribution in [0.15, 0.2) is 0 Å². The molecule has 6 heteroatoms. The van der Waals surface area contributed by atoms with Gasteiger partial charge in [-0.05, 0) is 12.8 Å². The van der Waals surface area contributed by atoms with Gasteiger partial charge in [-0.2, -0.15) is 0 Å². The maximum Gasteiger partial charge on any atom is 0.327 e. The predicted molar refractivity (Wildman–Crippen MR) is 70.2 cm³/mol. The number of hydrogen-bond acceptors (Lipinski definition) is 4. The molecule has 1 amide bonds. The van der Waals surface area contributed by atoms with Gasteiger partial charge in [-0.15, -0.1) is 11.8 Å².